The van der Waals surface area contributed by atoms with Crippen molar-refractivity contribution in [3.05, 3.63) is 34.9 Å². The van der Waals surface area contributed by atoms with Gasteiger partial charge in [0.1, 0.15) is 6.10 Å². The van der Waals surface area contributed by atoms with Gasteiger partial charge in [-0.25, -0.2) is 9.78 Å². The highest BCUT2D eigenvalue weighted by Gasteiger charge is 2.33. The first-order chi connectivity index (χ1) is 8.44. The third-order valence-corrected chi connectivity index (χ3v) is 3.71. The molecule has 0 aliphatic carbocycles. The van der Waals surface area contributed by atoms with Gasteiger partial charge in [-0.05, 0) is 49.3 Å². The minimum absolute atomic E-state index is 0.0244. The van der Waals surface area contributed by atoms with Crippen molar-refractivity contribution in [2.75, 3.05) is 6.61 Å². The fourth-order valence-corrected chi connectivity index (χ4v) is 2.13. The van der Waals surface area contributed by atoms with E-state index in [4.69, 9.17) is 9.78 Å². The molecule has 0 aliphatic rings. The van der Waals surface area contributed by atoms with Crippen molar-refractivity contribution in [3.8, 4) is 0 Å². The molecule has 0 bridgehead atoms. The zero-order valence-corrected chi connectivity index (χ0v) is 12.5. The normalized spacial score (nSPS) is 13.7. The Morgan fingerprint density at radius 2 is 1.67 bits per heavy atom. The Morgan fingerprint density at radius 1 is 1.11 bits per heavy atom. The van der Waals surface area contributed by atoms with Crippen LogP contribution < -0.4 is 0 Å². The average Bonchev–Trinajstić information content (AvgIpc) is 2.32. The fourth-order valence-electron chi connectivity index (χ4n) is 2.13. The highest BCUT2D eigenvalue weighted by molar-refractivity contribution is 5.36. The number of aryl methyl sites for hydroxylation is 2. The first kappa shape index (κ1) is 15.2. The third kappa shape index (κ3) is 3.33. The van der Waals surface area contributed by atoms with E-state index < -0.39 is 0 Å². The second kappa shape index (κ2) is 6.35. The van der Waals surface area contributed by atoms with Crippen molar-refractivity contribution >= 4 is 0 Å². The van der Waals surface area contributed by atoms with E-state index in [1.807, 2.05) is 6.92 Å². The number of benzene rings is 1. The highest BCUT2D eigenvalue weighted by Crippen LogP contribution is 2.41. The summed E-state index contributed by atoms with van der Waals surface area (Å²) in [7, 11) is 0. The lowest BCUT2D eigenvalue weighted by Crippen LogP contribution is -2.25. The lowest BCUT2D eigenvalue weighted by molar-refractivity contribution is -0.344. The monoisotopic (exact) mass is 250 g/mol. The molecule has 1 atom stereocenters. The van der Waals surface area contributed by atoms with Gasteiger partial charge in [0.2, 0.25) is 0 Å². The van der Waals surface area contributed by atoms with Crippen LogP contribution in [-0.4, -0.2) is 6.61 Å². The van der Waals surface area contributed by atoms with Gasteiger partial charge in [0.15, 0.2) is 0 Å². The van der Waals surface area contributed by atoms with Gasteiger partial charge >= 0.3 is 0 Å². The molecule has 2 heteroatoms. The highest BCUT2D eigenvalue weighted by atomic mass is 17.2. The fraction of sp³-hybridized carbons (Fsp3) is 0.625. The van der Waals surface area contributed by atoms with Gasteiger partial charge in [-0.3, -0.25) is 0 Å². The molecule has 0 spiro atoms. The average molecular weight is 250 g/mol. The summed E-state index contributed by atoms with van der Waals surface area (Å²) in [6.45, 7) is 13.4. The van der Waals surface area contributed by atoms with E-state index in [0.29, 0.717) is 6.61 Å². The Morgan fingerprint density at radius 3 is 2.11 bits per heavy atom. The van der Waals surface area contributed by atoms with Crippen LogP contribution in [-0.2, 0) is 9.78 Å². The van der Waals surface area contributed by atoms with Crippen LogP contribution in [0.2, 0.25) is 0 Å². The van der Waals surface area contributed by atoms with Gasteiger partial charge in [0, 0.05) is 0 Å². The Hall–Kier alpha value is -0.860. The molecule has 0 aliphatic heterocycles. The van der Waals surface area contributed by atoms with E-state index in [0.717, 1.165) is 6.42 Å². The molecule has 0 radical (unpaired) electrons. The first-order valence-corrected chi connectivity index (χ1v) is 6.78. The van der Waals surface area contributed by atoms with Gasteiger partial charge in [-0.1, -0.05) is 39.0 Å². The second-order valence-corrected chi connectivity index (χ2v) is 5.53. The summed E-state index contributed by atoms with van der Waals surface area (Å²) in [6, 6.07) is 6.36. The van der Waals surface area contributed by atoms with Gasteiger partial charge in [0.25, 0.3) is 0 Å². The maximum Gasteiger partial charge on any atom is 0.123 e. The first-order valence-electron chi connectivity index (χ1n) is 6.78. The predicted octanol–water partition coefficient (Wildman–Crippen LogP) is 4.75. The van der Waals surface area contributed by atoms with Crippen molar-refractivity contribution < 1.29 is 9.78 Å². The number of hydrogen-bond acceptors (Lipinski definition) is 2. The van der Waals surface area contributed by atoms with Gasteiger partial charge < -0.3 is 0 Å². The molecule has 0 N–H and O–H groups in total. The quantitative estimate of drug-likeness (QED) is 0.536. The molecular formula is C16H26O2. The molecule has 1 aromatic carbocycles. The summed E-state index contributed by atoms with van der Waals surface area (Å²) in [6.07, 6.45) is 1.02. The zero-order valence-electron chi connectivity index (χ0n) is 12.5. The summed E-state index contributed by atoms with van der Waals surface area (Å²) in [5.74, 6) is 0. The largest absolute Gasteiger partial charge is 0.236 e. The Kier molecular flexibility index (Phi) is 5.36. The van der Waals surface area contributed by atoms with Crippen LogP contribution in [0.5, 0.6) is 0 Å². The van der Waals surface area contributed by atoms with Crippen LogP contribution in [0.3, 0.4) is 0 Å². The van der Waals surface area contributed by atoms with Crippen LogP contribution in [0.25, 0.3) is 0 Å². The summed E-state index contributed by atoms with van der Waals surface area (Å²) >= 11 is 0. The van der Waals surface area contributed by atoms with Gasteiger partial charge in [-0.2, -0.15) is 0 Å². The number of hydrogen-bond donors (Lipinski definition) is 0. The number of rotatable bonds is 6. The predicted molar refractivity (Wildman–Crippen MR) is 75.4 cm³/mol. The lowest BCUT2D eigenvalue weighted by Gasteiger charge is -2.34. The van der Waals surface area contributed by atoms with E-state index in [2.05, 4.69) is 52.8 Å². The molecule has 18 heavy (non-hydrogen) atoms. The van der Waals surface area contributed by atoms with E-state index in [-0.39, 0.29) is 11.5 Å². The molecule has 0 heterocycles. The molecule has 1 unspecified atom stereocenters. The molecule has 1 rings (SSSR count). The maximum atomic E-state index is 5.69. The van der Waals surface area contributed by atoms with Crippen molar-refractivity contribution in [2.45, 2.75) is 54.1 Å². The van der Waals surface area contributed by atoms with Crippen molar-refractivity contribution in [1.29, 1.82) is 0 Å². The molecular weight excluding hydrogens is 224 g/mol. The minimum atomic E-state index is -0.0244. The molecule has 2 nitrogen and oxygen atoms in total. The summed E-state index contributed by atoms with van der Waals surface area (Å²) < 4.78 is 0. The van der Waals surface area contributed by atoms with Gasteiger partial charge in [0.05, 0.1) is 6.61 Å². The van der Waals surface area contributed by atoms with Crippen molar-refractivity contribution in [1.82, 2.24) is 0 Å². The van der Waals surface area contributed by atoms with Crippen LogP contribution in [0.4, 0.5) is 0 Å². The topological polar surface area (TPSA) is 18.5 Å². The van der Waals surface area contributed by atoms with Crippen molar-refractivity contribution in [3.63, 3.8) is 0 Å². The third-order valence-electron chi connectivity index (χ3n) is 3.71. The maximum absolute atomic E-state index is 5.69. The van der Waals surface area contributed by atoms with E-state index >= 15 is 0 Å². The van der Waals surface area contributed by atoms with Crippen molar-refractivity contribution in [2.24, 2.45) is 5.41 Å². The lowest BCUT2D eigenvalue weighted by atomic mass is 9.78. The molecule has 102 valence electrons. The summed E-state index contributed by atoms with van der Waals surface area (Å²) in [4.78, 5) is 10.9. The Labute approximate surface area is 111 Å². The summed E-state index contributed by atoms with van der Waals surface area (Å²) in [5.41, 5.74) is 3.84. The molecule has 0 amide bonds. The standard InChI is InChI=1S/C16H26O2/c1-7-16(5,6)15(18-17-8-2)14-12(3)10-9-11-13(14)4/h9-11,15H,7-8H2,1-6H3. The Balaban J connectivity index is 3.17. The molecule has 1 aromatic rings. The van der Waals surface area contributed by atoms with Crippen LogP contribution in [0.1, 0.15) is 56.9 Å². The zero-order chi connectivity index (χ0) is 13.8. The second-order valence-electron chi connectivity index (χ2n) is 5.53. The molecule has 0 saturated heterocycles. The molecule has 0 fully saturated rings. The summed E-state index contributed by atoms with van der Waals surface area (Å²) in [5, 5.41) is 0. The van der Waals surface area contributed by atoms with E-state index in [1.54, 1.807) is 0 Å². The molecule has 0 saturated carbocycles. The van der Waals surface area contributed by atoms with Crippen LogP contribution in [0.15, 0.2) is 18.2 Å². The Bertz CT molecular complexity index is 362. The van der Waals surface area contributed by atoms with Gasteiger partial charge in [-0.15, -0.1) is 0 Å². The van der Waals surface area contributed by atoms with Crippen LogP contribution >= 0.6 is 0 Å². The SMILES string of the molecule is CCOOC(c1c(C)cccc1C)C(C)(C)CC. The minimum Gasteiger partial charge on any atom is -0.236 e. The van der Waals surface area contributed by atoms with E-state index in [1.165, 1.54) is 16.7 Å². The van der Waals surface area contributed by atoms with Crippen LogP contribution in [0, 0.1) is 19.3 Å². The smallest absolute Gasteiger partial charge is 0.123 e. The van der Waals surface area contributed by atoms with E-state index in [9.17, 15) is 0 Å². The molecule has 0 aromatic heterocycles.